The number of nitrogens with zero attached hydrogens (tertiary/aromatic N) is 2. The molecule has 1 saturated heterocycles. The molecule has 7 nitrogen and oxygen atoms in total. The van der Waals surface area contributed by atoms with Crippen LogP contribution in [0.15, 0.2) is 0 Å². The molecule has 138 valence electrons. The Hall–Kier alpha value is -1.79. The first-order valence-electron chi connectivity index (χ1n) is 8.33. The molecule has 1 aliphatic heterocycles. The van der Waals surface area contributed by atoms with Gasteiger partial charge in [0.2, 0.25) is 5.91 Å². The van der Waals surface area contributed by atoms with Crippen LogP contribution in [0.5, 0.6) is 0 Å². The van der Waals surface area contributed by atoms with Crippen LogP contribution in [0.1, 0.15) is 47.5 Å². The van der Waals surface area contributed by atoms with Gasteiger partial charge in [-0.15, -0.1) is 0 Å². The maximum atomic E-state index is 13.0. The molecule has 0 radical (unpaired) electrons. The summed E-state index contributed by atoms with van der Waals surface area (Å²) in [5.41, 5.74) is -0.641. The molecule has 1 aliphatic rings. The number of carbonyl (C=O) groups excluding carboxylic acids is 3. The molecule has 0 bridgehead atoms. The maximum Gasteiger partial charge on any atom is 0.410 e. The Morgan fingerprint density at radius 1 is 1.21 bits per heavy atom. The van der Waals surface area contributed by atoms with Gasteiger partial charge in [0, 0.05) is 13.6 Å². The predicted octanol–water partition coefficient (Wildman–Crippen LogP) is 2.04. The Morgan fingerprint density at radius 3 is 2.25 bits per heavy atom. The first-order valence-corrected chi connectivity index (χ1v) is 8.33. The normalized spacial score (nSPS) is 19.2. The lowest BCUT2D eigenvalue weighted by Gasteiger charge is -2.35. The number of esters is 1. The smallest absolute Gasteiger partial charge is 0.410 e. The molecular formula is C17H30N2O5. The van der Waals surface area contributed by atoms with E-state index in [1.165, 1.54) is 16.9 Å². The van der Waals surface area contributed by atoms with E-state index in [0.717, 1.165) is 6.42 Å². The SMILES string of the molecule is COC(=O)[C@@H]1CCCN1C(=O)C(C(C)C)N(C)C(=O)OC(C)(C)C. The van der Waals surface area contributed by atoms with Crippen molar-refractivity contribution in [1.82, 2.24) is 9.80 Å². The van der Waals surface area contributed by atoms with Crippen molar-refractivity contribution in [2.75, 3.05) is 20.7 Å². The van der Waals surface area contributed by atoms with Crippen LogP contribution in [-0.4, -0.2) is 66.2 Å². The highest BCUT2D eigenvalue weighted by molar-refractivity contribution is 5.90. The quantitative estimate of drug-likeness (QED) is 0.731. The zero-order chi connectivity index (χ0) is 18.7. The van der Waals surface area contributed by atoms with Crippen molar-refractivity contribution >= 4 is 18.0 Å². The molecule has 1 heterocycles. The summed E-state index contributed by atoms with van der Waals surface area (Å²) in [5.74, 6) is -0.775. The van der Waals surface area contributed by atoms with Crippen molar-refractivity contribution in [2.45, 2.75) is 65.1 Å². The van der Waals surface area contributed by atoms with Crippen LogP contribution >= 0.6 is 0 Å². The average Bonchev–Trinajstić information content (AvgIpc) is 2.93. The van der Waals surface area contributed by atoms with E-state index in [9.17, 15) is 14.4 Å². The Labute approximate surface area is 144 Å². The van der Waals surface area contributed by atoms with E-state index < -0.39 is 29.7 Å². The molecule has 2 amide bonds. The summed E-state index contributed by atoms with van der Waals surface area (Å²) in [6.45, 7) is 9.55. The van der Waals surface area contributed by atoms with E-state index >= 15 is 0 Å². The Bertz CT molecular complexity index is 484. The Morgan fingerprint density at radius 2 is 1.79 bits per heavy atom. The van der Waals surface area contributed by atoms with Gasteiger partial charge >= 0.3 is 12.1 Å². The van der Waals surface area contributed by atoms with Crippen molar-refractivity contribution in [1.29, 1.82) is 0 Å². The van der Waals surface area contributed by atoms with Gasteiger partial charge in [-0.2, -0.15) is 0 Å². The largest absolute Gasteiger partial charge is 0.467 e. The van der Waals surface area contributed by atoms with Crippen molar-refractivity contribution in [2.24, 2.45) is 5.92 Å². The van der Waals surface area contributed by atoms with E-state index in [1.54, 1.807) is 27.8 Å². The van der Waals surface area contributed by atoms with E-state index in [4.69, 9.17) is 9.47 Å². The monoisotopic (exact) mass is 342 g/mol. The van der Waals surface area contributed by atoms with Crippen molar-refractivity contribution in [3.8, 4) is 0 Å². The Balaban J connectivity index is 2.96. The van der Waals surface area contributed by atoms with Gasteiger partial charge in [-0.05, 0) is 39.5 Å². The van der Waals surface area contributed by atoms with Gasteiger partial charge in [0.15, 0.2) is 0 Å². The summed E-state index contributed by atoms with van der Waals surface area (Å²) >= 11 is 0. The van der Waals surface area contributed by atoms with Crippen LogP contribution in [0.3, 0.4) is 0 Å². The molecule has 0 aromatic rings. The molecule has 0 aromatic carbocycles. The lowest BCUT2D eigenvalue weighted by atomic mass is 10.0. The van der Waals surface area contributed by atoms with Gasteiger partial charge in [-0.1, -0.05) is 13.8 Å². The zero-order valence-corrected chi connectivity index (χ0v) is 15.8. The molecule has 0 N–H and O–H groups in total. The lowest BCUT2D eigenvalue weighted by Crippen LogP contribution is -2.55. The number of carbonyl (C=O) groups is 3. The second kappa shape index (κ2) is 7.85. The molecule has 0 aromatic heterocycles. The molecule has 0 saturated carbocycles. The van der Waals surface area contributed by atoms with Crippen LogP contribution in [0.2, 0.25) is 0 Å². The first-order chi connectivity index (χ1) is 11.0. The number of rotatable bonds is 4. The molecule has 0 aliphatic carbocycles. The van der Waals surface area contributed by atoms with Crippen LogP contribution in [0, 0.1) is 5.92 Å². The highest BCUT2D eigenvalue weighted by atomic mass is 16.6. The van der Waals surface area contributed by atoms with Crippen molar-refractivity contribution in [3.05, 3.63) is 0 Å². The number of amides is 2. The lowest BCUT2D eigenvalue weighted by molar-refractivity contribution is -0.153. The fourth-order valence-corrected chi connectivity index (χ4v) is 2.93. The minimum atomic E-state index is -0.690. The second-order valence-electron chi connectivity index (χ2n) is 7.49. The maximum absolute atomic E-state index is 13.0. The minimum Gasteiger partial charge on any atom is -0.467 e. The molecular weight excluding hydrogens is 312 g/mol. The van der Waals surface area contributed by atoms with Crippen LogP contribution in [0.25, 0.3) is 0 Å². The average molecular weight is 342 g/mol. The highest BCUT2D eigenvalue weighted by Crippen LogP contribution is 2.24. The number of likely N-dealkylation sites (tertiary alicyclic amines) is 1. The third-order valence-corrected chi connectivity index (χ3v) is 3.99. The molecule has 0 spiro atoms. The number of likely N-dealkylation sites (N-methyl/N-ethyl adjacent to an activating group) is 1. The summed E-state index contributed by atoms with van der Waals surface area (Å²) in [6.07, 6.45) is 0.773. The van der Waals surface area contributed by atoms with Crippen molar-refractivity contribution < 1.29 is 23.9 Å². The fraction of sp³-hybridized carbons (Fsp3) is 0.824. The van der Waals surface area contributed by atoms with Gasteiger partial charge in [0.1, 0.15) is 17.7 Å². The summed E-state index contributed by atoms with van der Waals surface area (Å²) in [5, 5.41) is 0. The first kappa shape index (κ1) is 20.3. The molecule has 1 rings (SSSR count). The summed E-state index contributed by atoms with van der Waals surface area (Å²) in [6, 6.07) is -1.26. The molecule has 2 atom stereocenters. The van der Waals surface area contributed by atoms with Gasteiger partial charge in [0.05, 0.1) is 7.11 Å². The van der Waals surface area contributed by atoms with E-state index in [2.05, 4.69) is 0 Å². The molecule has 1 unspecified atom stereocenters. The summed E-state index contributed by atoms with van der Waals surface area (Å²) < 4.78 is 10.2. The number of methoxy groups -OCH3 is 1. The summed E-state index contributed by atoms with van der Waals surface area (Å²) in [4.78, 5) is 40.1. The van der Waals surface area contributed by atoms with Crippen LogP contribution in [0.4, 0.5) is 4.79 Å². The number of hydrogen-bond acceptors (Lipinski definition) is 5. The van der Waals surface area contributed by atoms with Crippen LogP contribution in [-0.2, 0) is 19.1 Å². The third kappa shape index (κ3) is 4.85. The topological polar surface area (TPSA) is 76.2 Å². The van der Waals surface area contributed by atoms with E-state index in [0.29, 0.717) is 13.0 Å². The predicted molar refractivity (Wildman–Crippen MR) is 89.4 cm³/mol. The van der Waals surface area contributed by atoms with Gasteiger partial charge in [-0.25, -0.2) is 9.59 Å². The number of ether oxygens (including phenoxy) is 2. The molecule has 7 heteroatoms. The molecule has 24 heavy (non-hydrogen) atoms. The second-order valence-corrected chi connectivity index (χ2v) is 7.49. The van der Waals surface area contributed by atoms with Crippen molar-refractivity contribution in [3.63, 3.8) is 0 Å². The third-order valence-electron chi connectivity index (χ3n) is 3.99. The van der Waals surface area contributed by atoms with E-state index in [-0.39, 0.29) is 11.8 Å². The Kier molecular flexibility index (Phi) is 6.63. The van der Waals surface area contributed by atoms with Gasteiger partial charge < -0.3 is 14.4 Å². The van der Waals surface area contributed by atoms with E-state index in [1.807, 2.05) is 13.8 Å². The molecule has 1 fully saturated rings. The van der Waals surface area contributed by atoms with Gasteiger partial charge in [0.25, 0.3) is 0 Å². The fourth-order valence-electron chi connectivity index (χ4n) is 2.93. The van der Waals surface area contributed by atoms with Crippen LogP contribution < -0.4 is 0 Å². The highest BCUT2D eigenvalue weighted by Gasteiger charge is 2.41. The standard InChI is InChI=1S/C17H30N2O5/c1-11(2)13(18(6)16(22)24-17(3,4)5)14(20)19-10-8-9-12(19)15(21)23-7/h11-13H,8-10H2,1-7H3/t12-,13?/m0/s1. The minimum absolute atomic E-state index is 0.117. The van der Waals surface area contributed by atoms with Gasteiger partial charge in [-0.3, -0.25) is 9.69 Å². The number of hydrogen-bond donors (Lipinski definition) is 0. The zero-order valence-electron chi connectivity index (χ0n) is 15.8. The summed E-state index contributed by atoms with van der Waals surface area (Å²) in [7, 11) is 2.87.